The van der Waals surface area contributed by atoms with Crippen LogP contribution in [0.15, 0.2) is 48.6 Å². The molecule has 2 fully saturated rings. The molecule has 32 heavy (non-hydrogen) atoms. The van der Waals surface area contributed by atoms with Gasteiger partial charge < -0.3 is 9.47 Å². The third kappa shape index (κ3) is 7.19. The van der Waals surface area contributed by atoms with Crippen molar-refractivity contribution in [2.24, 2.45) is 23.7 Å². The Bertz CT molecular complexity index is 740. The van der Waals surface area contributed by atoms with Gasteiger partial charge in [-0.25, -0.2) is 4.89 Å². The summed E-state index contributed by atoms with van der Waals surface area (Å²) in [5.41, 5.74) is 3.56. The van der Waals surface area contributed by atoms with Crippen molar-refractivity contribution in [2.45, 2.75) is 85.0 Å². The second kappa shape index (κ2) is 12.0. The Balaban J connectivity index is 1.41. The summed E-state index contributed by atoms with van der Waals surface area (Å²) >= 11 is 0. The van der Waals surface area contributed by atoms with Crippen molar-refractivity contribution >= 4 is 0 Å². The van der Waals surface area contributed by atoms with Crippen molar-refractivity contribution in [3.05, 3.63) is 54.1 Å². The normalized spacial score (nSPS) is 30.6. The molecule has 1 aromatic carbocycles. The average molecular weight is 443 g/mol. The minimum atomic E-state index is 0.0601. The monoisotopic (exact) mass is 442 g/mol. The van der Waals surface area contributed by atoms with E-state index in [1.165, 1.54) is 30.4 Å². The molecule has 6 unspecified atom stereocenters. The van der Waals surface area contributed by atoms with Crippen molar-refractivity contribution < 1.29 is 19.2 Å². The molecule has 1 aromatic rings. The molecule has 2 aliphatic carbocycles. The first-order chi connectivity index (χ1) is 15.3. The number of ether oxygens (including phenoxy) is 2. The zero-order valence-electron chi connectivity index (χ0n) is 20.5. The lowest BCUT2D eigenvalue weighted by Crippen LogP contribution is -2.32. The molecule has 0 spiro atoms. The fourth-order valence-corrected chi connectivity index (χ4v) is 5.17. The Hall–Kier alpha value is -1.62. The van der Waals surface area contributed by atoms with Crippen LogP contribution in [0.1, 0.15) is 71.8 Å². The quantitative estimate of drug-likeness (QED) is 0.126. The van der Waals surface area contributed by atoms with E-state index >= 15 is 0 Å². The highest BCUT2D eigenvalue weighted by molar-refractivity contribution is 5.26. The molecule has 4 nitrogen and oxygen atoms in total. The lowest BCUT2D eigenvalue weighted by Gasteiger charge is -2.35. The van der Waals surface area contributed by atoms with E-state index in [2.05, 4.69) is 53.0 Å². The molecule has 0 aliphatic heterocycles. The van der Waals surface area contributed by atoms with E-state index in [1.807, 2.05) is 12.1 Å². The summed E-state index contributed by atoms with van der Waals surface area (Å²) in [7, 11) is 0. The number of benzene rings is 1. The van der Waals surface area contributed by atoms with Gasteiger partial charge in [-0.1, -0.05) is 50.3 Å². The Morgan fingerprint density at radius 2 is 1.41 bits per heavy atom. The van der Waals surface area contributed by atoms with E-state index in [1.54, 1.807) is 0 Å². The van der Waals surface area contributed by atoms with E-state index < -0.39 is 0 Å². The summed E-state index contributed by atoms with van der Waals surface area (Å²) in [5.74, 6) is 2.97. The van der Waals surface area contributed by atoms with Gasteiger partial charge in [0.15, 0.2) is 0 Å². The van der Waals surface area contributed by atoms with E-state index in [0.717, 1.165) is 36.5 Å². The molecule has 0 bridgehead atoms. The smallest absolute Gasteiger partial charge is 0.221 e. The van der Waals surface area contributed by atoms with Gasteiger partial charge in [-0.3, -0.25) is 0 Å². The van der Waals surface area contributed by atoms with Crippen molar-refractivity contribution in [2.75, 3.05) is 6.79 Å². The standard InChI is InChI=1S/C28H42O4/c1-19(2)25-13-7-21(5)15-27(25)29-17-23-9-11-24(12-10-23)30-18-31-32-28-16-22(6)8-14-26(28)20(3)4/h9-12,21-22,25-28H,1,3,7-8,13-18H2,2,4-6H3. The van der Waals surface area contributed by atoms with Crippen LogP contribution >= 0.6 is 0 Å². The van der Waals surface area contributed by atoms with Crippen molar-refractivity contribution in [1.82, 2.24) is 0 Å². The highest BCUT2D eigenvalue weighted by Crippen LogP contribution is 2.36. The number of hydrogen-bond donors (Lipinski definition) is 0. The molecule has 2 saturated carbocycles. The Morgan fingerprint density at radius 3 is 2.00 bits per heavy atom. The third-order valence-corrected chi connectivity index (χ3v) is 7.23. The van der Waals surface area contributed by atoms with E-state index in [0.29, 0.717) is 24.4 Å². The number of rotatable bonds is 10. The van der Waals surface area contributed by atoms with Crippen molar-refractivity contribution in [3.8, 4) is 5.75 Å². The Morgan fingerprint density at radius 1 is 0.844 bits per heavy atom. The van der Waals surface area contributed by atoms with Gasteiger partial charge in [0.25, 0.3) is 0 Å². The van der Waals surface area contributed by atoms with Gasteiger partial charge in [-0.15, -0.1) is 0 Å². The van der Waals surface area contributed by atoms with Crippen LogP contribution in [0.4, 0.5) is 0 Å². The molecule has 0 amide bonds. The molecule has 3 rings (SSSR count). The second-order valence-electron chi connectivity index (χ2n) is 10.3. The van der Waals surface area contributed by atoms with Gasteiger partial charge in [0, 0.05) is 11.8 Å². The topological polar surface area (TPSA) is 36.9 Å². The fourth-order valence-electron chi connectivity index (χ4n) is 5.17. The number of hydrogen-bond acceptors (Lipinski definition) is 4. The van der Waals surface area contributed by atoms with Crippen LogP contribution in [0.25, 0.3) is 0 Å². The van der Waals surface area contributed by atoms with E-state index in [-0.39, 0.29) is 19.0 Å². The van der Waals surface area contributed by atoms with Crippen molar-refractivity contribution in [3.63, 3.8) is 0 Å². The maximum atomic E-state index is 6.30. The van der Waals surface area contributed by atoms with Crippen LogP contribution in [-0.4, -0.2) is 19.0 Å². The molecule has 0 saturated heterocycles. The predicted octanol–water partition coefficient (Wildman–Crippen LogP) is 7.25. The lowest BCUT2D eigenvalue weighted by atomic mass is 9.77. The fraction of sp³-hybridized carbons (Fsp3) is 0.643. The molecule has 0 aromatic heterocycles. The largest absolute Gasteiger partial charge is 0.465 e. The average Bonchev–Trinajstić information content (AvgIpc) is 2.75. The van der Waals surface area contributed by atoms with Gasteiger partial charge >= 0.3 is 0 Å². The third-order valence-electron chi connectivity index (χ3n) is 7.23. The predicted molar refractivity (Wildman–Crippen MR) is 129 cm³/mol. The van der Waals surface area contributed by atoms with Crippen molar-refractivity contribution in [1.29, 1.82) is 0 Å². The summed E-state index contributed by atoms with van der Waals surface area (Å²) in [4.78, 5) is 11.1. The first kappa shape index (κ1) is 25.0. The molecule has 178 valence electrons. The first-order valence-electron chi connectivity index (χ1n) is 12.3. The van der Waals surface area contributed by atoms with Gasteiger partial charge in [-0.05, 0) is 81.9 Å². The summed E-state index contributed by atoms with van der Waals surface area (Å²) < 4.78 is 12.0. The summed E-state index contributed by atoms with van der Waals surface area (Å²) in [5, 5.41) is 0. The van der Waals surface area contributed by atoms with Crippen LogP contribution in [0, 0.1) is 23.7 Å². The summed E-state index contributed by atoms with van der Waals surface area (Å²) in [6, 6.07) is 8.03. The van der Waals surface area contributed by atoms with Gasteiger partial charge in [0.05, 0.1) is 18.8 Å². The van der Waals surface area contributed by atoms with Crippen LogP contribution in [0.3, 0.4) is 0 Å². The highest BCUT2D eigenvalue weighted by atomic mass is 17.2. The molecule has 6 atom stereocenters. The van der Waals surface area contributed by atoms with E-state index in [4.69, 9.17) is 19.2 Å². The second-order valence-corrected chi connectivity index (χ2v) is 10.3. The lowest BCUT2D eigenvalue weighted by molar-refractivity contribution is -0.360. The maximum absolute atomic E-state index is 6.30. The molecule has 4 heteroatoms. The SMILES string of the molecule is C=C(C)C1CCC(C)CC1OCc1ccc(OCOOC2CC(C)CCC2C(=C)C)cc1. The summed E-state index contributed by atoms with van der Waals surface area (Å²) in [6.07, 6.45) is 7.22. The molecular formula is C28H42O4. The van der Waals surface area contributed by atoms with Gasteiger partial charge in [0.2, 0.25) is 6.79 Å². The first-order valence-corrected chi connectivity index (χ1v) is 12.3. The van der Waals surface area contributed by atoms with Crippen LogP contribution < -0.4 is 4.74 Å². The summed E-state index contributed by atoms with van der Waals surface area (Å²) in [6.45, 7) is 17.8. The molecule has 0 N–H and O–H groups in total. The molecule has 0 heterocycles. The molecule has 0 radical (unpaired) electrons. The zero-order chi connectivity index (χ0) is 23.1. The van der Waals surface area contributed by atoms with Crippen LogP contribution in [-0.2, 0) is 21.1 Å². The van der Waals surface area contributed by atoms with E-state index in [9.17, 15) is 0 Å². The Labute approximate surface area is 194 Å². The maximum Gasteiger partial charge on any atom is 0.221 e. The molecule has 2 aliphatic rings. The minimum absolute atomic E-state index is 0.0601. The van der Waals surface area contributed by atoms with Crippen LogP contribution in [0.5, 0.6) is 5.75 Å². The highest BCUT2D eigenvalue weighted by Gasteiger charge is 2.31. The van der Waals surface area contributed by atoms with Gasteiger partial charge in [0.1, 0.15) is 5.75 Å². The zero-order valence-corrected chi connectivity index (χ0v) is 20.5. The minimum Gasteiger partial charge on any atom is -0.465 e. The Kier molecular flexibility index (Phi) is 9.39. The van der Waals surface area contributed by atoms with Gasteiger partial charge in [-0.2, -0.15) is 4.89 Å². The molecular weight excluding hydrogens is 400 g/mol. The van der Waals surface area contributed by atoms with Crippen LogP contribution in [0.2, 0.25) is 0 Å².